The summed E-state index contributed by atoms with van der Waals surface area (Å²) in [4.78, 5) is 8.40. The highest BCUT2D eigenvalue weighted by Crippen LogP contribution is 2.17. The summed E-state index contributed by atoms with van der Waals surface area (Å²) < 4.78 is 7.02. The summed E-state index contributed by atoms with van der Waals surface area (Å²) in [6.07, 6.45) is 5.46. The smallest absolute Gasteiger partial charge is 0.260 e. The van der Waals surface area contributed by atoms with Crippen LogP contribution in [-0.2, 0) is 0 Å². The highest BCUT2D eigenvalue weighted by Gasteiger charge is 2.06. The average Bonchev–Trinajstić information content (AvgIpc) is 2.65. The number of rotatable bonds is 3. The molecule has 0 atom stereocenters. The van der Waals surface area contributed by atoms with E-state index < -0.39 is 0 Å². The largest absolute Gasteiger partial charge is 0.478 e. The van der Waals surface area contributed by atoms with Crippen LogP contribution in [0.3, 0.4) is 0 Å². The molecule has 0 bridgehead atoms. The average molecular weight is 192 g/mol. The fourth-order valence-corrected chi connectivity index (χ4v) is 1.31. The van der Waals surface area contributed by atoms with E-state index in [1.54, 1.807) is 13.3 Å². The van der Waals surface area contributed by atoms with Crippen LogP contribution in [0.5, 0.6) is 5.88 Å². The minimum Gasteiger partial charge on any atom is -0.478 e. The van der Waals surface area contributed by atoms with Crippen LogP contribution in [0, 0.1) is 0 Å². The zero-order chi connectivity index (χ0) is 9.97. The first-order valence-corrected chi connectivity index (χ1v) is 4.46. The maximum absolute atomic E-state index is 5.14. The van der Waals surface area contributed by atoms with E-state index in [-0.39, 0.29) is 0 Å². The van der Waals surface area contributed by atoms with E-state index in [1.165, 1.54) is 0 Å². The Bertz CT molecular complexity index is 437. The Balaban J connectivity index is 2.55. The lowest BCUT2D eigenvalue weighted by Crippen LogP contribution is -2.03. The van der Waals surface area contributed by atoms with Crippen molar-refractivity contribution in [2.24, 2.45) is 0 Å². The van der Waals surface area contributed by atoms with Crippen molar-refractivity contribution < 1.29 is 4.74 Å². The Labute approximate surface area is 81.7 Å². The van der Waals surface area contributed by atoms with E-state index in [2.05, 4.69) is 15.3 Å². The van der Waals surface area contributed by atoms with Gasteiger partial charge in [0.1, 0.15) is 5.82 Å². The third-order valence-corrected chi connectivity index (χ3v) is 1.89. The van der Waals surface area contributed by atoms with Crippen molar-refractivity contribution in [3.05, 3.63) is 18.6 Å². The minimum absolute atomic E-state index is 0.536. The molecule has 5 heteroatoms. The molecule has 2 heterocycles. The van der Waals surface area contributed by atoms with Crippen molar-refractivity contribution in [1.82, 2.24) is 14.4 Å². The highest BCUT2D eigenvalue weighted by atomic mass is 16.5. The fraction of sp³-hybridized carbons (Fsp3) is 0.333. The number of nitrogens with one attached hydrogen (secondary N) is 1. The lowest BCUT2D eigenvalue weighted by Gasteiger charge is -2.06. The molecule has 0 aliphatic carbocycles. The van der Waals surface area contributed by atoms with E-state index in [9.17, 15) is 0 Å². The van der Waals surface area contributed by atoms with Crippen LogP contribution in [0.4, 0.5) is 5.82 Å². The Hall–Kier alpha value is -1.78. The van der Waals surface area contributed by atoms with Crippen molar-refractivity contribution in [2.75, 3.05) is 19.0 Å². The van der Waals surface area contributed by atoms with Gasteiger partial charge in [0.15, 0.2) is 0 Å². The molecular formula is C9H12N4O. The second-order valence-electron chi connectivity index (χ2n) is 2.82. The summed E-state index contributed by atoms with van der Waals surface area (Å²) in [6, 6.07) is 0. The molecule has 0 spiro atoms. The molecule has 1 N–H and O–H groups in total. The topological polar surface area (TPSA) is 51.5 Å². The first-order valence-electron chi connectivity index (χ1n) is 4.46. The predicted octanol–water partition coefficient (Wildman–Crippen LogP) is 1.17. The Morgan fingerprint density at radius 3 is 3.14 bits per heavy atom. The van der Waals surface area contributed by atoms with Gasteiger partial charge in [-0.25, -0.2) is 4.98 Å². The van der Waals surface area contributed by atoms with Crippen molar-refractivity contribution in [3.8, 4) is 5.88 Å². The van der Waals surface area contributed by atoms with Crippen LogP contribution >= 0.6 is 0 Å². The zero-order valence-corrected chi connectivity index (χ0v) is 8.19. The predicted molar refractivity (Wildman–Crippen MR) is 53.7 cm³/mol. The van der Waals surface area contributed by atoms with Gasteiger partial charge in [0.05, 0.1) is 13.3 Å². The van der Waals surface area contributed by atoms with Crippen LogP contribution in [-0.4, -0.2) is 28.0 Å². The van der Waals surface area contributed by atoms with E-state index in [1.807, 2.05) is 23.7 Å². The second kappa shape index (κ2) is 3.53. The quantitative estimate of drug-likeness (QED) is 0.793. The molecule has 5 nitrogen and oxygen atoms in total. The number of methoxy groups -OCH3 is 1. The van der Waals surface area contributed by atoms with E-state index >= 15 is 0 Å². The second-order valence-corrected chi connectivity index (χ2v) is 2.82. The summed E-state index contributed by atoms with van der Waals surface area (Å²) in [5, 5.41) is 3.12. The van der Waals surface area contributed by atoms with Crippen LogP contribution in [0.25, 0.3) is 5.65 Å². The normalized spacial score (nSPS) is 10.4. The summed E-state index contributed by atoms with van der Waals surface area (Å²) in [6.45, 7) is 2.85. The van der Waals surface area contributed by atoms with E-state index in [0.29, 0.717) is 5.88 Å². The first kappa shape index (κ1) is 8.80. The third kappa shape index (κ3) is 1.37. The number of hydrogen-bond acceptors (Lipinski definition) is 4. The lowest BCUT2D eigenvalue weighted by atomic mass is 10.6. The Morgan fingerprint density at radius 1 is 1.57 bits per heavy atom. The van der Waals surface area contributed by atoms with Gasteiger partial charge in [0, 0.05) is 18.9 Å². The van der Waals surface area contributed by atoms with Gasteiger partial charge < -0.3 is 10.1 Å². The molecule has 2 aromatic heterocycles. The third-order valence-electron chi connectivity index (χ3n) is 1.89. The molecule has 0 aliphatic rings. The van der Waals surface area contributed by atoms with E-state index in [0.717, 1.165) is 18.0 Å². The standard InChI is InChI=1S/C9H12N4O/c1-3-10-7-6-13-5-4-11-8(13)9(12-7)14-2/h4-6,10H,3H2,1-2H3. The Kier molecular flexibility index (Phi) is 2.22. The number of hydrogen-bond donors (Lipinski definition) is 1. The van der Waals surface area contributed by atoms with Crippen molar-refractivity contribution >= 4 is 11.5 Å². The van der Waals surface area contributed by atoms with Crippen LogP contribution in [0.15, 0.2) is 18.6 Å². The summed E-state index contributed by atoms with van der Waals surface area (Å²) in [5.74, 6) is 1.32. The minimum atomic E-state index is 0.536. The summed E-state index contributed by atoms with van der Waals surface area (Å²) in [7, 11) is 1.59. The van der Waals surface area contributed by atoms with Gasteiger partial charge in [-0.1, -0.05) is 0 Å². The van der Waals surface area contributed by atoms with Gasteiger partial charge in [-0.15, -0.1) is 0 Å². The van der Waals surface area contributed by atoms with Gasteiger partial charge >= 0.3 is 0 Å². The number of imidazole rings is 1. The molecule has 74 valence electrons. The molecule has 0 radical (unpaired) electrons. The molecule has 0 aromatic carbocycles. The maximum atomic E-state index is 5.14. The van der Waals surface area contributed by atoms with Crippen LogP contribution in [0.1, 0.15) is 6.92 Å². The molecule has 0 fully saturated rings. The van der Waals surface area contributed by atoms with Gasteiger partial charge in [-0.3, -0.25) is 4.40 Å². The number of anilines is 1. The molecule has 2 aromatic rings. The molecule has 0 aliphatic heterocycles. The first-order chi connectivity index (χ1) is 6.85. The van der Waals surface area contributed by atoms with E-state index in [4.69, 9.17) is 4.74 Å². The molecule has 0 unspecified atom stereocenters. The van der Waals surface area contributed by atoms with Gasteiger partial charge in [-0.05, 0) is 6.92 Å². The van der Waals surface area contributed by atoms with Crippen molar-refractivity contribution in [1.29, 1.82) is 0 Å². The highest BCUT2D eigenvalue weighted by molar-refractivity contribution is 5.53. The zero-order valence-electron chi connectivity index (χ0n) is 8.19. The lowest BCUT2D eigenvalue weighted by molar-refractivity contribution is 0.400. The Morgan fingerprint density at radius 2 is 2.43 bits per heavy atom. The number of ether oxygens (including phenoxy) is 1. The van der Waals surface area contributed by atoms with Gasteiger partial charge in [-0.2, -0.15) is 4.98 Å². The molecule has 0 saturated heterocycles. The maximum Gasteiger partial charge on any atom is 0.260 e. The van der Waals surface area contributed by atoms with Crippen molar-refractivity contribution in [2.45, 2.75) is 6.92 Å². The number of aromatic nitrogens is 3. The molecule has 2 rings (SSSR count). The van der Waals surface area contributed by atoms with Crippen LogP contribution in [0.2, 0.25) is 0 Å². The van der Waals surface area contributed by atoms with Gasteiger partial charge in [0.25, 0.3) is 5.88 Å². The monoisotopic (exact) mass is 192 g/mol. The number of fused-ring (bicyclic) bond motifs is 1. The van der Waals surface area contributed by atoms with Gasteiger partial charge in [0.2, 0.25) is 5.65 Å². The summed E-state index contributed by atoms with van der Waals surface area (Å²) in [5.41, 5.74) is 0.731. The van der Waals surface area contributed by atoms with Crippen molar-refractivity contribution in [3.63, 3.8) is 0 Å². The molecule has 14 heavy (non-hydrogen) atoms. The summed E-state index contributed by atoms with van der Waals surface area (Å²) >= 11 is 0. The molecule has 0 amide bonds. The van der Waals surface area contributed by atoms with Crippen LogP contribution < -0.4 is 10.1 Å². The fourth-order valence-electron chi connectivity index (χ4n) is 1.31. The SMILES string of the molecule is CCNc1cn2ccnc2c(OC)n1. The molecule has 0 saturated carbocycles. The number of nitrogens with zero attached hydrogens (tertiary/aromatic N) is 3. The molecular weight excluding hydrogens is 180 g/mol.